The van der Waals surface area contributed by atoms with Crippen molar-refractivity contribution in [2.24, 2.45) is 23.7 Å². The van der Waals surface area contributed by atoms with Crippen LogP contribution in [0.2, 0.25) is 0 Å². The molecule has 1 fully saturated rings. The summed E-state index contributed by atoms with van der Waals surface area (Å²) in [5.74, 6) is 0.480. The number of hydrogen-bond donors (Lipinski definition) is 3. The van der Waals surface area contributed by atoms with Gasteiger partial charge in [-0.1, -0.05) is 6.08 Å². The van der Waals surface area contributed by atoms with E-state index in [9.17, 15) is 10.2 Å². The van der Waals surface area contributed by atoms with Gasteiger partial charge in [0.2, 0.25) is 0 Å². The van der Waals surface area contributed by atoms with Crippen molar-refractivity contribution in [3.63, 3.8) is 0 Å². The summed E-state index contributed by atoms with van der Waals surface area (Å²) in [5, 5.41) is 27.1. The van der Waals surface area contributed by atoms with E-state index in [2.05, 4.69) is 6.58 Å². The molecule has 0 unspecified atom stereocenters. The molecule has 1 aliphatic rings. The summed E-state index contributed by atoms with van der Waals surface area (Å²) in [7, 11) is 0. The maximum atomic E-state index is 9.22. The van der Waals surface area contributed by atoms with Gasteiger partial charge in [0.25, 0.3) is 0 Å². The molecule has 0 heterocycles. The van der Waals surface area contributed by atoms with Crippen molar-refractivity contribution in [2.75, 3.05) is 13.2 Å². The summed E-state index contributed by atoms with van der Waals surface area (Å²) in [6, 6.07) is 0. The van der Waals surface area contributed by atoms with E-state index in [4.69, 9.17) is 5.11 Å². The zero-order chi connectivity index (χ0) is 10.6. The smallest absolute Gasteiger partial charge is 0.0754 e. The van der Waals surface area contributed by atoms with Gasteiger partial charge < -0.3 is 15.3 Å². The van der Waals surface area contributed by atoms with Crippen molar-refractivity contribution < 1.29 is 15.3 Å². The molecule has 80 valence electrons. The van der Waals surface area contributed by atoms with Crippen molar-refractivity contribution in [3.8, 4) is 0 Å². The lowest BCUT2D eigenvalue weighted by Crippen LogP contribution is -2.23. The standard InChI is InChI=1S/C11H18O3/c1-2-8-5-9(3-4-12)11(7-14)10(8)6-13/h2-4,8-14H,1,5-7H2/b4-3-/t8-,9+,10+,11-/m1/s1. The van der Waals surface area contributed by atoms with Crippen LogP contribution in [0.15, 0.2) is 25.0 Å². The van der Waals surface area contributed by atoms with E-state index in [1.807, 2.05) is 6.08 Å². The molecule has 0 radical (unpaired) electrons. The van der Waals surface area contributed by atoms with E-state index >= 15 is 0 Å². The number of allylic oxidation sites excluding steroid dienone is 2. The van der Waals surface area contributed by atoms with Crippen molar-refractivity contribution in [3.05, 3.63) is 25.0 Å². The summed E-state index contributed by atoms with van der Waals surface area (Å²) in [6.07, 6.45) is 5.38. The Bertz CT molecular complexity index is 213. The minimum Gasteiger partial charge on any atom is -0.516 e. The van der Waals surface area contributed by atoms with Gasteiger partial charge in [-0.3, -0.25) is 0 Å². The molecule has 0 spiro atoms. The number of aliphatic hydroxyl groups is 3. The third-order valence-corrected chi connectivity index (χ3v) is 3.25. The van der Waals surface area contributed by atoms with Gasteiger partial charge in [-0.2, -0.15) is 0 Å². The van der Waals surface area contributed by atoms with E-state index < -0.39 is 0 Å². The molecule has 3 nitrogen and oxygen atoms in total. The SMILES string of the molecule is C=C[C@@H]1C[C@H](/C=C\O)[C@@H](CO)[C@H]1CO. The van der Waals surface area contributed by atoms with Crippen LogP contribution in [-0.2, 0) is 0 Å². The fraction of sp³-hybridized carbons (Fsp3) is 0.636. The average molecular weight is 198 g/mol. The molecule has 14 heavy (non-hydrogen) atoms. The van der Waals surface area contributed by atoms with Crippen LogP contribution in [0.5, 0.6) is 0 Å². The molecular weight excluding hydrogens is 180 g/mol. The van der Waals surface area contributed by atoms with E-state index in [1.165, 1.54) is 0 Å². The topological polar surface area (TPSA) is 60.7 Å². The average Bonchev–Trinajstić information content (AvgIpc) is 2.55. The molecular formula is C11H18O3. The van der Waals surface area contributed by atoms with Gasteiger partial charge in [-0.15, -0.1) is 6.58 Å². The van der Waals surface area contributed by atoms with Gasteiger partial charge in [-0.05, 0) is 36.2 Å². The molecule has 0 aliphatic heterocycles. The minimum absolute atomic E-state index is 0.0337. The van der Waals surface area contributed by atoms with Crippen LogP contribution in [0.25, 0.3) is 0 Å². The van der Waals surface area contributed by atoms with Gasteiger partial charge in [0.15, 0.2) is 0 Å². The van der Waals surface area contributed by atoms with Gasteiger partial charge in [0.05, 0.1) is 6.26 Å². The highest BCUT2D eigenvalue weighted by Crippen LogP contribution is 2.42. The predicted octanol–water partition coefficient (Wildman–Crippen LogP) is 1.10. The molecule has 0 bridgehead atoms. The molecule has 3 N–H and O–H groups in total. The zero-order valence-corrected chi connectivity index (χ0v) is 8.21. The zero-order valence-electron chi connectivity index (χ0n) is 8.21. The van der Waals surface area contributed by atoms with Crippen molar-refractivity contribution in [1.29, 1.82) is 0 Å². The van der Waals surface area contributed by atoms with E-state index in [0.717, 1.165) is 12.7 Å². The van der Waals surface area contributed by atoms with E-state index in [-0.39, 0.29) is 36.9 Å². The highest BCUT2D eigenvalue weighted by Gasteiger charge is 2.39. The fourth-order valence-electron chi connectivity index (χ4n) is 2.44. The molecule has 0 aromatic carbocycles. The molecule has 1 saturated carbocycles. The molecule has 1 aliphatic carbocycles. The Hall–Kier alpha value is -0.800. The third kappa shape index (κ3) is 1.99. The second-order valence-electron chi connectivity index (χ2n) is 3.83. The van der Waals surface area contributed by atoms with Gasteiger partial charge in [0, 0.05) is 13.2 Å². The summed E-state index contributed by atoms with van der Waals surface area (Å²) >= 11 is 0. The summed E-state index contributed by atoms with van der Waals surface area (Å²) in [5.41, 5.74) is 0. The number of aliphatic hydroxyl groups excluding tert-OH is 3. The van der Waals surface area contributed by atoms with E-state index in [0.29, 0.717) is 0 Å². The second kappa shape index (κ2) is 5.17. The highest BCUT2D eigenvalue weighted by molar-refractivity contribution is 5.03. The summed E-state index contributed by atoms with van der Waals surface area (Å²) in [6.45, 7) is 3.84. The lowest BCUT2D eigenvalue weighted by atomic mass is 9.88. The maximum Gasteiger partial charge on any atom is 0.0754 e. The van der Waals surface area contributed by atoms with Gasteiger partial charge in [-0.25, -0.2) is 0 Å². The van der Waals surface area contributed by atoms with Crippen LogP contribution in [0.3, 0.4) is 0 Å². The Morgan fingerprint density at radius 1 is 1.14 bits per heavy atom. The molecule has 0 aromatic heterocycles. The lowest BCUT2D eigenvalue weighted by molar-refractivity contribution is 0.117. The Balaban J connectivity index is 2.77. The summed E-state index contributed by atoms with van der Waals surface area (Å²) in [4.78, 5) is 0. The predicted molar refractivity (Wildman–Crippen MR) is 54.7 cm³/mol. The van der Waals surface area contributed by atoms with Crippen molar-refractivity contribution in [2.45, 2.75) is 6.42 Å². The molecule has 0 aromatic rings. The van der Waals surface area contributed by atoms with Crippen LogP contribution in [0.1, 0.15) is 6.42 Å². The first-order valence-electron chi connectivity index (χ1n) is 4.93. The normalized spacial score (nSPS) is 37.9. The largest absolute Gasteiger partial charge is 0.516 e. The minimum atomic E-state index is 0.0337. The molecule has 0 amide bonds. The first kappa shape index (κ1) is 11.3. The van der Waals surface area contributed by atoms with Crippen LogP contribution in [0.4, 0.5) is 0 Å². The molecule has 0 saturated heterocycles. The van der Waals surface area contributed by atoms with Crippen LogP contribution < -0.4 is 0 Å². The van der Waals surface area contributed by atoms with Crippen molar-refractivity contribution >= 4 is 0 Å². The maximum absolute atomic E-state index is 9.22. The first-order chi connectivity index (χ1) is 6.78. The van der Waals surface area contributed by atoms with E-state index in [1.54, 1.807) is 6.08 Å². The van der Waals surface area contributed by atoms with Crippen LogP contribution >= 0.6 is 0 Å². The molecule has 4 atom stereocenters. The Morgan fingerprint density at radius 2 is 1.71 bits per heavy atom. The number of hydrogen-bond acceptors (Lipinski definition) is 3. The Morgan fingerprint density at radius 3 is 2.14 bits per heavy atom. The second-order valence-corrected chi connectivity index (χ2v) is 3.83. The van der Waals surface area contributed by atoms with Crippen LogP contribution in [0, 0.1) is 23.7 Å². The number of rotatable bonds is 4. The highest BCUT2D eigenvalue weighted by atomic mass is 16.3. The quantitative estimate of drug-likeness (QED) is 0.468. The first-order valence-corrected chi connectivity index (χ1v) is 4.93. The Labute approximate surface area is 84.4 Å². The third-order valence-electron chi connectivity index (χ3n) is 3.25. The van der Waals surface area contributed by atoms with Gasteiger partial charge in [0.1, 0.15) is 0 Å². The Kier molecular flexibility index (Phi) is 4.17. The fourth-order valence-corrected chi connectivity index (χ4v) is 2.44. The van der Waals surface area contributed by atoms with Crippen LogP contribution in [-0.4, -0.2) is 28.5 Å². The summed E-state index contributed by atoms with van der Waals surface area (Å²) < 4.78 is 0. The monoisotopic (exact) mass is 198 g/mol. The van der Waals surface area contributed by atoms with Crippen molar-refractivity contribution in [1.82, 2.24) is 0 Å². The molecule has 3 heteroatoms. The van der Waals surface area contributed by atoms with Gasteiger partial charge >= 0.3 is 0 Å². The molecule has 1 rings (SSSR count). The lowest BCUT2D eigenvalue weighted by Gasteiger charge is -2.20.